The number of aromatic nitrogens is 2. The first-order chi connectivity index (χ1) is 15.2. The van der Waals surface area contributed by atoms with Crippen molar-refractivity contribution in [3.05, 3.63) is 70.6 Å². The summed E-state index contributed by atoms with van der Waals surface area (Å²) in [6, 6.07) is 14.0. The van der Waals surface area contributed by atoms with Gasteiger partial charge in [-0.3, -0.25) is 10.1 Å². The van der Waals surface area contributed by atoms with Crippen LogP contribution in [0.25, 0.3) is 10.8 Å². The van der Waals surface area contributed by atoms with Crippen molar-refractivity contribution in [2.75, 3.05) is 23.3 Å². The van der Waals surface area contributed by atoms with Crippen LogP contribution in [0, 0.1) is 10.1 Å². The predicted molar refractivity (Wildman–Crippen MR) is 125 cm³/mol. The largest absolute Gasteiger partial charge is 0.364 e. The van der Waals surface area contributed by atoms with Gasteiger partial charge in [-0.2, -0.15) is 0 Å². The maximum Gasteiger partial charge on any atom is 0.353 e. The molecular formula is C24H27N5O2. The molecule has 0 aliphatic heterocycles. The van der Waals surface area contributed by atoms with Crippen LogP contribution >= 0.6 is 0 Å². The average Bonchev–Trinajstić information content (AvgIpc) is 2.80. The Morgan fingerprint density at radius 3 is 2.74 bits per heavy atom. The van der Waals surface area contributed by atoms with Crippen LogP contribution in [-0.4, -0.2) is 28.0 Å². The maximum absolute atomic E-state index is 12.1. The van der Waals surface area contributed by atoms with Crippen LogP contribution in [0.2, 0.25) is 0 Å². The zero-order valence-corrected chi connectivity index (χ0v) is 17.8. The molecule has 7 nitrogen and oxygen atoms in total. The molecule has 160 valence electrons. The van der Waals surface area contributed by atoms with E-state index in [4.69, 9.17) is 0 Å². The van der Waals surface area contributed by atoms with Crippen molar-refractivity contribution in [3.8, 4) is 0 Å². The summed E-state index contributed by atoms with van der Waals surface area (Å²) >= 11 is 0. The van der Waals surface area contributed by atoms with E-state index in [1.165, 1.54) is 24.7 Å². The Morgan fingerprint density at radius 1 is 1.13 bits per heavy atom. The Balaban J connectivity index is 1.67. The molecule has 31 heavy (non-hydrogen) atoms. The first-order valence-corrected chi connectivity index (χ1v) is 10.9. The van der Waals surface area contributed by atoms with Gasteiger partial charge in [0.15, 0.2) is 0 Å². The predicted octanol–water partition coefficient (Wildman–Crippen LogP) is 6.00. The molecular weight excluding hydrogens is 390 g/mol. The van der Waals surface area contributed by atoms with Crippen molar-refractivity contribution in [3.63, 3.8) is 0 Å². The van der Waals surface area contributed by atoms with E-state index < -0.39 is 0 Å². The lowest BCUT2D eigenvalue weighted by Gasteiger charge is -2.24. The van der Waals surface area contributed by atoms with Gasteiger partial charge < -0.3 is 10.2 Å². The van der Waals surface area contributed by atoms with Gasteiger partial charge in [0.2, 0.25) is 11.6 Å². The number of allylic oxidation sites excluding steroid dienone is 1. The number of rotatable bonds is 8. The van der Waals surface area contributed by atoms with E-state index in [0.717, 1.165) is 35.7 Å². The Hall–Kier alpha value is -3.48. The molecule has 4 rings (SSSR count). The van der Waals surface area contributed by atoms with E-state index >= 15 is 0 Å². The average molecular weight is 418 g/mol. The molecule has 3 aromatic rings. The van der Waals surface area contributed by atoms with Crippen molar-refractivity contribution in [1.29, 1.82) is 0 Å². The SMILES string of the molecule is CCN(c1ncnc(NCCC2=CCCCC2)c1[N+](=O)[O-])c1cccc2ccccc12. The quantitative estimate of drug-likeness (QED) is 0.275. The molecule has 0 unspecified atom stereocenters. The van der Waals surface area contributed by atoms with E-state index in [1.54, 1.807) is 0 Å². The van der Waals surface area contributed by atoms with Gasteiger partial charge in [0.05, 0.1) is 10.6 Å². The second-order valence-corrected chi connectivity index (χ2v) is 7.68. The number of nitrogens with zero attached hydrogens (tertiary/aromatic N) is 4. The van der Waals surface area contributed by atoms with Gasteiger partial charge in [-0.15, -0.1) is 0 Å². The van der Waals surface area contributed by atoms with Crippen LogP contribution in [0.3, 0.4) is 0 Å². The lowest BCUT2D eigenvalue weighted by Crippen LogP contribution is -2.20. The summed E-state index contributed by atoms with van der Waals surface area (Å²) in [4.78, 5) is 22.1. The first kappa shape index (κ1) is 20.8. The number of hydrogen-bond donors (Lipinski definition) is 1. The molecule has 1 N–H and O–H groups in total. The lowest BCUT2D eigenvalue weighted by atomic mass is 9.97. The van der Waals surface area contributed by atoms with E-state index in [-0.39, 0.29) is 16.4 Å². The van der Waals surface area contributed by atoms with E-state index in [2.05, 4.69) is 21.4 Å². The molecule has 0 fully saturated rings. The van der Waals surface area contributed by atoms with Crippen molar-refractivity contribution < 1.29 is 4.92 Å². The summed E-state index contributed by atoms with van der Waals surface area (Å²) < 4.78 is 0. The highest BCUT2D eigenvalue weighted by Gasteiger charge is 2.28. The molecule has 1 aliphatic carbocycles. The van der Waals surface area contributed by atoms with Gasteiger partial charge in [-0.05, 0) is 50.5 Å². The summed E-state index contributed by atoms with van der Waals surface area (Å²) in [7, 11) is 0. The molecule has 0 radical (unpaired) electrons. The normalized spacial score (nSPS) is 13.6. The van der Waals surface area contributed by atoms with Crippen molar-refractivity contribution in [1.82, 2.24) is 9.97 Å². The number of anilines is 3. The minimum absolute atomic E-state index is 0.0880. The zero-order chi connectivity index (χ0) is 21.6. The molecule has 2 aromatic carbocycles. The number of hydrogen-bond acceptors (Lipinski definition) is 6. The van der Waals surface area contributed by atoms with Crippen LogP contribution in [0.15, 0.2) is 60.4 Å². The van der Waals surface area contributed by atoms with Crippen molar-refractivity contribution >= 4 is 33.8 Å². The standard InChI is InChI=1S/C24H27N5O2/c1-2-28(21-14-8-12-19-11-6-7-13-20(19)21)24-22(29(30)31)23(26-17-27-24)25-16-15-18-9-4-3-5-10-18/h6-9,11-14,17H,2-5,10,15-16H2,1H3,(H,25,26,27). The van der Waals surface area contributed by atoms with Gasteiger partial charge in [-0.1, -0.05) is 48.0 Å². The minimum Gasteiger partial charge on any atom is -0.364 e. The van der Waals surface area contributed by atoms with E-state index in [9.17, 15) is 10.1 Å². The number of benzene rings is 2. The Kier molecular flexibility index (Phi) is 6.40. The summed E-state index contributed by atoms with van der Waals surface area (Å²) in [6.07, 6.45) is 9.28. The Morgan fingerprint density at radius 2 is 1.97 bits per heavy atom. The summed E-state index contributed by atoms with van der Waals surface area (Å²) in [5.41, 5.74) is 2.22. The zero-order valence-electron chi connectivity index (χ0n) is 17.8. The van der Waals surface area contributed by atoms with Gasteiger partial charge >= 0.3 is 5.69 Å². The highest BCUT2D eigenvalue weighted by molar-refractivity contribution is 5.96. The highest BCUT2D eigenvalue weighted by atomic mass is 16.6. The highest BCUT2D eigenvalue weighted by Crippen LogP contribution is 2.38. The third kappa shape index (κ3) is 4.50. The maximum atomic E-state index is 12.1. The van der Waals surface area contributed by atoms with E-state index in [0.29, 0.717) is 18.9 Å². The third-order valence-electron chi connectivity index (χ3n) is 5.74. The summed E-state index contributed by atoms with van der Waals surface area (Å²) in [6.45, 7) is 3.12. The second kappa shape index (κ2) is 9.55. The van der Waals surface area contributed by atoms with Gasteiger partial charge in [-0.25, -0.2) is 9.97 Å². The van der Waals surface area contributed by atoms with Crippen molar-refractivity contribution in [2.24, 2.45) is 0 Å². The fourth-order valence-corrected chi connectivity index (χ4v) is 4.22. The molecule has 1 aromatic heterocycles. The molecule has 0 saturated heterocycles. The molecule has 1 aliphatic rings. The summed E-state index contributed by atoms with van der Waals surface area (Å²) in [5, 5.41) is 17.4. The first-order valence-electron chi connectivity index (χ1n) is 10.9. The van der Waals surface area contributed by atoms with Crippen LogP contribution in [-0.2, 0) is 0 Å². The second-order valence-electron chi connectivity index (χ2n) is 7.68. The molecule has 0 bridgehead atoms. The molecule has 0 amide bonds. The molecule has 0 saturated carbocycles. The molecule has 1 heterocycles. The van der Waals surface area contributed by atoms with E-state index in [1.807, 2.05) is 54.3 Å². The lowest BCUT2D eigenvalue weighted by molar-refractivity contribution is -0.383. The number of nitrogens with one attached hydrogen (secondary N) is 1. The Labute approximate surface area is 182 Å². The Bertz CT molecular complexity index is 1110. The van der Waals surface area contributed by atoms with Crippen LogP contribution in [0.1, 0.15) is 39.0 Å². The van der Waals surface area contributed by atoms with Crippen LogP contribution < -0.4 is 10.2 Å². The van der Waals surface area contributed by atoms with Gasteiger partial charge in [0.25, 0.3) is 0 Å². The van der Waals surface area contributed by atoms with Crippen LogP contribution in [0.5, 0.6) is 0 Å². The smallest absolute Gasteiger partial charge is 0.353 e. The number of fused-ring (bicyclic) bond motifs is 1. The molecule has 0 atom stereocenters. The molecule has 7 heteroatoms. The van der Waals surface area contributed by atoms with Crippen molar-refractivity contribution in [2.45, 2.75) is 39.0 Å². The monoisotopic (exact) mass is 417 g/mol. The topological polar surface area (TPSA) is 84.2 Å². The summed E-state index contributed by atoms with van der Waals surface area (Å²) in [5.74, 6) is 0.573. The fraction of sp³-hybridized carbons (Fsp3) is 0.333. The molecule has 0 spiro atoms. The van der Waals surface area contributed by atoms with Gasteiger partial charge in [0.1, 0.15) is 6.33 Å². The third-order valence-corrected chi connectivity index (χ3v) is 5.74. The number of nitro groups is 1. The van der Waals surface area contributed by atoms with Gasteiger partial charge in [0, 0.05) is 18.5 Å². The minimum atomic E-state index is -0.384. The fourth-order valence-electron chi connectivity index (χ4n) is 4.22. The van der Waals surface area contributed by atoms with Crippen LogP contribution in [0.4, 0.5) is 23.0 Å².